The summed E-state index contributed by atoms with van der Waals surface area (Å²) >= 11 is 7.67. The zero-order valence-electron chi connectivity index (χ0n) is 22.9. The van der Waals surface area contributed by atoms with Crippen LogP contribution in [0.25, 0.3) is 0 Å². The largest absolute Gasteiger partial charge is 0.481 e. The van der Waals surface area contributed by atoms with Crippen LogP contribution in [0.1, 0.15) is 36.9 Å². The van der Waals surface area contributed by atoms with E-state index in [2.05, 4.69) is 15.3 Å². The van der Waals surface area contributed by atoms with E-state index >= 15 is 8.78 Å². The van der Waals surface area contributed by atoms with Crippen molar-refractivity contribution in [1.82, 2.24) is 20.3 Å². The van der Waals surface area contributed by atoms with Gasteiger partial charge in [0.25, 0.3) is 5.92 Å². The monoisotopic (exact) mass is 627 g/mol. The van der Waals surface area contributed by atoms with Gasteiger partial charge in [-0.3, -0.25) is 19.5 Å². The summed E-state index contributed by atoms with van der Waals surface area (Å²) in [5.41, 5.74) is -0.497. The van der Waals surface area contributed by atoms with E-state index in [1.54, 1.807) is 11.6 Å². The number of likely N-dealkylation sites (tertiary alicyclic amines) is 1. The van der Waals surface area contributed by atoms with Crippen molar-refractivity contribution < 1.29 is 37.4 Å². The number of carboxylic acids is 1. The minimum absolute atomic E-state index is 0.00421. The minimum atomic E-state index is -3.19. The molecule has 15 heteroatoms. The summed E-state index contributed by atoms with van der Waals surface area (Å²) in [7, 11) is 1.19. The number of hydroxylamine groups is 2. The van der Waals surface area contributed by atoms with E-state index in [4.69, 9.17) is 21.2 Å². The molecule has 0 aliphatic carbocycles. The first-order valence-corrected chi connectivity index (χ1v) is 14.3. The first-order valence-electron chi connectivity index (χ1n) is 13.1. The Morgan fingerprint density at radius 1 is 1.36 bits per heavy atom. The van der Waals surface area contributed by atoms with Gasteiger partial charge in [0.2, 0.25) is 0 Å². The predicted octanol–water partition coefficient (Wildman–Crippen LogP) is 3.89. The topological polar surface area (TPSA) is 117 Å². The quantitative estimate of drug-likeness (QED) is 0.400. The summed E-state index contributed by atoms with van der Waals surface area (Å²) in [5.74, 6) is -5.26. The summed E-state index contributed by atoms with van der Waals surface area (Å²) in [6.07, 6.45) is 1.68. The third-order valence-corrected chi connectivity index (χ3v) is 8.83. The Bertz CT molecular complexity index is 1440. The fourth-order valence-corrected chi connectivity index (χ4v) is 6.22. The first kappa shape index (κ1) is 30.4. The summed E-state index contributed by atoms with van der Waals surface area (Å²) < 4.78 is 50.0. The van der Waals surface area contributed by atoms with Crippen LogP contribution in [-0.4, -0.2) is 89.2 Å². The normalized spacial score (nSPS) is 24.4. The second kappa shape index (κ2) is 11.6. The van der Waals surface area contributed by atoms with E-state index in [-0.39, 0.29) is 42.4 Å². The maximum Gasteiger partial charge on any atom is 0.338 e. The lowest BCUT2D eigenvalue weighted by Crippen LogP contribution is -2.46. The molecule has 0 spiro atoms. The molecule has 0 radical (unpaired) electrons. The lowest BCUT2D eigenvalue weighted by Gasteiger charge is -2.30. The number of halogens is 4. The Morgan fingerprint density at radius 3 is 2.76 bits per heavy atom. The van der Waals surface area contributed by atoms with Crippen LogP contribution in [0, 0.1) is 11.2 Å². The number of esters is 1. The molecule has 0 bridgehead atoms. The number of benzene rings is 1. The van der Waals surface area contributed by atoms with Crippen molar-refractivity contribution in [2.24, 2.45) is 10.4 Å². The highest BCUT2D eigenvalue weighted by atomic mass is 35.5. The standard InChI is InChI=1S/C27H29ClF3N5O5S/c1-26(2,25(38)39)6-8-36-21-18(12-41-36)35(13-27(21,30)31)11-17-19(24(37)40-3)20(15-5-4-14(29)10-16(15)28)34-22(33-17)23-32-7-9-42-23/h4-5,7,9-10,18,20-21H,6,8,11-13H2,1-3H3,(H,33,34)(H,38,39)/t18-,20?,21+/m0/s1. The van der Waals surface area contributed by atoms with Crippen molar-refractivity contribution in [2.45, 2.75) is 44.3 Å². The smallest absolute Gasteiger partial charge is 0.338 e. The molecule has 0 amide bonds. The number of methoxy groups -OCH3 is 1. The average molecular weight is 628 g/mol. The number of carboxylic acid groups (broad SMARTS) is 1. The maximum absolute atomic E-state index is 15.5. The number of nitrogens with zero attached hydrogens (tertiary/aromatic N) is 4. The van der Waals surface area contributed by atoms with Gasteiger partial charge in [0.05, 0.1) is 37.3 Å². The number of ether oxygens (including phenoxy) is 1. The molecule has 1 aromatic heterocycles. The molecule has 1 aromatic carbocycles. The van der Waals surface area contributed by atoms with E-state index < -0.39 is 53.8 Å². The van der Waals surface area contributed by atoms with Crippen LogP contribution in [0.3, 0.4) is 0 Å². The molecule has 10 nitrogen and oxygen atoms in total. The van der Waals surface area contributed by atoms with Crippen molar-refractivity contribution >= 4 is 40.7 Å². The SMILES string of the molecule is COC(=O)C1=C(CN2CC(F)(F)[C@H]3[C@@H]2CON3CCC(C)(C)C(=O)O)NC(c2nccs2)=NC1c1ccc(F)cc1Cl. The number of aromatic nitrogens is 1. The number of carbonyl (C=O) groups is 2. The van der Waals surface area contributed by atoms with Crippen molar-refractivity contribution in [1.29, 1.82) is 0 Å². The second-order valence-electron chi connectivity index (χ2n) is 10.9. The number of aliphatic imine (C=N–C) groups is 1. The number of aliphatic carboxylic acids is 1. The zero-order chi connectivity index (χ0) is 30.4. The van der Waals surface area contributed by atoms with Crippen molar-refractivity contribution in [2.75, 3.05) is 33.4 Å². The highest BCUT2D eigenvalue weighted by Crippen LogP contribution is 2.42. The van der Waals surface area contributed by atoms with Gasteiger partial charge in [0.1, 0.15) is 17.9 Å². The number of alkyl halides is 2. The number of fused-ring (bicyclic) bond motifs is 1. The number of rotatable bonds is 9. The van der Waals surface area contributed by atoms with Gasteiger partial charge in [-0.05, 0) is 32.4 Å². The predicted molar refractivity (Wildman–Crippen MR) is 148 cm³/mol. The zero-order valence-corrected chi connectivity index (χ0v) is 24.5. The summed E-state index contributed by atoms with van der Waals surface area (Å²) in [6.45, 7) is 2.26. The van der Waals surface area contributed by atoms with E-state index in [0.29, 0.717) is 16.4 Å². The Hall–Kier alpha value is -3.04. The van der Waals surface area contributed by atoms with E-state index in [1.807, 2.05) is 0 Å². The van der Waals surface area contributed by atoms with Gasteiger partial charge in [-0.1, -0.05) is 17.7 Å². The molecule has 3 aliphatic rings. The van der Waals surface area contributed by atoms with Crippen LogP contribution < -0.4 is 5.32 Å². The minimum Gasteiger partial charge on any atom is -0.481 e. The Balaban J connectivity index is 1.49. The Kier molecular flexibility index (Phi) is 8.38. The number of amidine groups is 1. The van der Waals surface area contributed by atoms with E-state index in [1.165, 1.54) is 54.4 Å². The van der Waals surface area contributed by atoms with Gasteiger partial charge in [0, 0.05) is 40.9 Å². The van der Waals surface area contributed by atoms with Crippen LogP contribution in [0.2, 0.25) is 5.02 Å². The lowest BCUT2D eigenvalue weighted by atomic mass is 9.89. The van der Waals surface area contributed by atoms with Crippen LogP contribution in [0.4, 0.5) is 13.2 Å². The van der Waals surface area contributed by atoms with Crippen LogP contribution >= 0.6 is 22.9 Å². The van der Waals surface area contributed by atoms with Gasteiger partial charge in [0.15, 0.2) is 10.8 Å². The van der Waals surface area contributed by atoms with Crippen molar-refractivity contribution in [3.05, 3.63) is 62.5 Å². The highest BCUT2D eigenvalue weighted by Gasteiger charge is 2.61. The molecule has 2 aromatic rings. The molecule has 2 N–H and O–H groups in total. The molecule has 2 fully saturated rings. The number of hydrogen-bond acceptors (Lipinski definition) is 10. The number of hydrogen-bond donors (Lipinski definition) is 2. The second-order valence-corrected chi connectivity index (χ2v) is 12.2. The highest BCUT2D eigenvalue weighted by molar-refractivity contribution is 7.11. The summed E-state index contributed by atoms with van der Waals surface area (Å²) in [6, 6.07) is 0.609. The third-order valence-electron chi connectivity index (χ3n) is 7.72. The Morgan fingerprint density at radius 2 is 2.12 bits per heavy atom. The molecule has 0 saturated carbocycles. The number of nitrogens with one attached hydrogen (secondary N) is 1. The van der Waals surface area contributed by atoms with E-state index in [9.17, 15) is 19.1 Å². The molecule has 4 heterocycles. The van der Waals surface area contributed by atoms with Crippen LogP contribution in [0.15, 0.2) is 46.0 Å². The van der Waals surface area contributed by atoms with Gasteiger partial charge < -0.3 is 15.2 Å². The summed E-state index contributed by atoms with van der Waals surface area (Å²) in [5, 5.41) is 16.0. The Labute approximate surface area is 248 Å². The molecular formula is C27H29ClF3N5O5S. The fourth-order valence-electron chi connectivity index (χ4n) is 5.36. The molecule has 42 heavy (non-hydrogen) atoms. The molecule has 2 saturated heterocycles. The van der Waals surface area contributed by atoms with Crippen LogP contribution in [-0.2, 0) is 19.2 Å². The molecule has 3 atom stereocenters. The van der Waals surface area contributed by atoms with Gasteiger partial charge in [-0.2, -0.15) is 5.06 Å². The number of thiazole rings is 1. The first-order chi connectivity index (χ1) is 19.8. The van der Waals surface area contributed by atoms with Gasteiger partial charge in [-0.25, -0.2) is 22.9 Å². The molecular weight excluding hydrogens is 599 g/mol. The maximum atomic E-state index is 15.5. The van der Waals surface area contributed by atoms with E-state index in [0.717, 1.165) is 6.07 Å². The fraction of sp³-hybridized carbons (Fsp3) is 0.481. The molecule has 1 unspecified atom stereocenters. The van der Waals surface area contributed by atoms with Crippen molar-refractivity contribution in [3.63, 3.8) is 0 Å². The molecule has 3 aliphatic heterocycles. The summed E-state index contributed by atoms with van der Waals surface area (Å²) in [4.78, 5) is 40.8. The van der Waals surface area contributed by atoms with Gasteiger partial charge >= 0.3 is 11.9 Å². The number of carbonyl (C=O) groups excluding carboxylic acids is 1. The van der Waals surface area contributed by atoms with Gasteiger partial charge in [-0.15, -0.1) is 11.3 Å². The molecule has 226 valence electrons. The van der Waals surface area contributed by atoms with Crippen molar-refractivity contribution in [3.8, 4) is 0 Å². The molecule has 5 rings (SSSR count). The van der Waals surface area contributed by atoms with Crippen LogP contribution in [0.5, 0.6) is 0 Å². The average Bonchev–Trinajstić information content (AvgIpc) is 3.66. The third kappa shape index (κ3) is 5.78. The lowest BCUT2D eigenvalue weighted by molar-refractivity contribution is -0.186.